The predicted octanol–water partition coefficient (Wildman–Crippen LogP) is 0.569. The summed E-state index contributed by atoms with van der Waals surface area (Å²) in [7, 11) is -2.13. The molecule has 1 rings (SSSR count). The highest BCUT2D eigenvalue weighted by Crippen LogP contribution is 2.20. The zero-order chi connectivity index (χ0) is 18.3. The topological polar surface area (TPSA) is 125 Å². The zero-order valence-corrected chi connectivity index (χ0v) is 14.7. The summed E-state index contributed by atoms with van der Waals surface area (Å²) >= 11 is 0. The van der Waals surface area contributed by atoms with E-state index in [1.165, 1.54) is 25.3 Å². The maximum atomic E-state index is 12.0. The lowest BCUT2D eigenvalue weighted by molar-refractivity contribution is -0.118. The number of esters is 1. The number of carbonyl (C=O) groups excluding carboxylic acids is 2. The number of hydrogen-bond donors (Lipinski definition) is 2. The third kappa shape index (κ3) is 5.91. The lowest BCUT2D eigenvalue weighted by Crippen LogP contribution is -2.28. The number of rotatable bonds is 8. The van der Waals surface area contributed by atoms with E-state index < -0.39 is 27.8 Å². The molecule has 24 heavy (non-hydrogen) atoms. The Balaban J connectivity index is 3.11. The lowest BCUT2D eigenvalue weighted by Gasteiger charge is -2.14. The first-order valence-electron chi connectivity index (χ1n) is 7.26. The van der Waals surface area contributed by atoms with Crippen molar-refractivity contribution in [2.45, 2.75) is 24.3 Å². The molecule has 1 unspecified atom stereocenters. The van der Waals surface area contributed by atoms with Gasteiger partial charge in [-0.05, 0) is 25.1 Å². The smallest absolute Gasteiger partial charge is 0.338 e. The summed E-state index contributed by atoms with van der Waals surface area (Å²) < 4.78 is 33.4. The molecule has 0 aliphatic rings. The third-order valence-corrected chi connectivity index (χ3v) is 4.23. The molecule has 0 bridgehead atoms. The van der Waals surface area contributed by atoms with Crippen LogP contribution < -0.4 is 11.1 Å². The molecule has 0 aromatic heterocycles. The molecule has 0 radical (unpaired) electrons. The molecule has 1 amide bonds. The number of carbonyl (C=O) groups is 2. The molecule has 0 spiro atoms. The Morgan fingerprint density at radius 2 is 1.96 bits per heavy atom. The number of nitrogens with one attached hydrogen (secondary N) is 1. The van der Waals surface area contributed by atoms with Gasteiger partial charge in [0.05, 0.1) is 29.6 Å². The molecule has 1 atom stereocenters. The maximum Gasteiger partial charge on any atom is 0.338 e. The van der Waals surface area contributed by atoms with Crippen LogP contribution in [0.15, 0.2) is 23.1 Å². The van der Waals surface area contributed by atoms with Gasteiger partial charge in [0.15, 0.2) is 9.84 Å². The van der Waals surface area contributed by atoms with Gasteiger partial charge < -0.3 is 20.5 Å². The van der Waals surface area contributed by atoms with Crippen molar-refractivity contribution < 1.29 is 27.5 Å². The van der Waals surface area contributed by atoms with Crippen molar-refractivity contribution >= 4 is 27.4 Å². The highest BCUT2D eigenvalue weighted by molar-refractivity contribution is 7.90. The van der Waals surface area contributed by atoms with E-state index in [0.717, 1.165) is 6.26 Å². The first-order valence-corrected chi connectivity index (χ1v) is 9.15. The number of anilines is 1. The third-order valence-electron chi connectivity index (χ3n) is 3.14. The summed E-state index contributed by atoms with van der Waals surface area (Å²) in [5.41, 5.74) is 5.68. The van der Waals surface area contributed by atoms with E-state index in [-0.39, 0.29) is 35.7 Å². The van der Waals surface area contributed by atoms with Crippen molar-refractivity contribution in [1.82, 2.24) is 0 Å². The van der Waals surface area contributed by atoms with E-state index in [2.05, 4.69) is 5.32 Å². The van der Waals surface area contributed by atoms with Crippen molar-refractivity contribution in [3.63, 3.8) is 0 Å². The summed E-state index contributed by atoms with van der Waals surface area (Å²) in [4.78, 5) is 23.8. The summed E-state index contributed by atoms with van der Waals surface area (Å²) in [5.74, 6) is -1.08. The Morgan fingerprint density at radius 1 is 1.29 bits per heavy atom. The molecule has 134 valence electrons. The lowest BCUT2D eigenvalue weighted by atomic mass is 10.2. The standard InChI is InChI=1S/C15H22N2O6S/c1-4-23-15(19)10-5-11(7-13(6-10)24(3,20)21)17-14(18)8-12(9-16)22-2/h5-7,12H,4,8-9,16H2,1-3H3,(H,17,18). The van der Waals surface area contributed by atoms with Crippen LogP contribution in [0.4, 0.5) is 5.69 Å². The number of sulfone groups is 1. The van der Waals surface area contributed by atoms with E-state index >= 15 is 0 Å². The summed E-state index contributed by atoms with van der Waals surface area (Å²) in [6.45, 7) is 1.95. The molecule has 0 fully saturated rings. The van der Waals surface area contributed by atoms with Gasteiger partial charge in [-0.25, -0.2) is 13.2 Å². The van der Waals surface area contributed by atoms with Crippen molar-refractivity contribution in [1.29, 1.82) is 0 Å². The van der Waals surface area contributed by atoms with E-state index in [1.54, 1.807) is 6.92 Å². The minimum Gasteiger partial charge on any atom is -0.462 e. The number of nitrogens with two attached hydrogens (primary N) is 1. The molecule has 0 aliphatic heterocycles. The van der Waals surface area contributed by atoms with Gasteiger partial charge in [0, 0.05) is 25.6 Å². The predicted molar refractivity (Wildman–Crippen MR) is 88.6 cm³/mol. The molecule has 9 heteroatoms. The van der Waals surface area contributed by atoms with E-state index in [0.29, 0.717) is 0 Å². The molecule has 0 aliphatic carbocycles. The number of methoxy groups -OCH3 is 1. The van der Waals surface area contributed by atoms with Crippen molar-refractivity contribution in [2.24, 2.45) is 5.73 Å². The molecular weight excluding hydrogens is 336 g/mol. The molecule has 0 saturated carbocycles. The van der Waals surface area contributed by atoms with Crippen LogP contribution in [0.5, 0.6) is 0 Å². The molecule has 1 aromatic carbocycles. The van der Waals surface area contributed by atoms with Gasteiger partial charge in [0.25, 0.3) is 0 Å². The van der Waals surface area contributed by atoms with Crippen LogP contribution in [-0.2, 0) is 24.1 Å². The number of ether oxygens (including phenoxy) is 2. The first kappa shape index (κ1) is 20.1. The van der Waals surface area contributed by atoms with Crippen LogP contribution in [0.3, 0.4) is 0 Å². The van der Waals surface area contributed by atoms with Gasteiger partial charge in [-0.2, -0.15) is 0 Å². The van der Waals surface area contributed by atoms with Crippen LogP contribution in [0.25, 0.3) is 0 Å². The Bertz CT molecular complexity index is 698. The normalized spacial score (nSPS) is 12.5. The quantitative estimate of drug-likeness (QED) is 0.651. The van der Waals surface area contributed by atoms with Crippen LogP contribution in [0, 0.1) is 0 Å². The van der Waals surface area contributed by atoms with Gasteiger partial charge in [-0.1, -0.05) is 0 Å². The van der Waals surface area contributed by atoms with Crippen molar-refractivity contribution in [3.8, 4) is 0 Å². The fourth-order valence-corrected chi connectivity index (χ4v) is 2.58. The molecule has 0 saturated heterocycles. The molecule has 8 nitrogen and oxygen atoms in total. The Labute approximate surface area is 141 Å². The second-order valence-electron chi connectivity index (χ2n) is 5.08. The SMILES string of the molecule is CCOC(=O)c1cc(NC(=O)CC(CN)OC)cc(S(C)(=O)=O)c1. The molecule has 3 N–H and O–H groups in total. The van der Waals surface area contributed by atoms with Crippen LogP contribution in [0.1, 0.15) is 23.7 Å². The van der Waals surface area contributed by atoms with Gasteiger partial charge >= 0.3 is 5.97 Å². The first-order chi connectivity index (χ1) is 11.2. The van der Waals surface area contributed by atoms with E-state index in [9.17, 15) is 18.0 Å². The number of hydrogen-bond acceptors (Lipinski definition) is 7. The minimum atomic E-state index is -3.57. The number of amides is 1. The number of benzene rings is 1. The Morgan fingerprint density at radius 3 is 2.46 bits per heavy atom. The largest absolute Gasteiger partial charge is 0.462 e. The Kier molecular flexibility index (Phi) is 7.33. The summed E-state index contributed by atoms with van der Waals surface area (Å²) in [6.07, 6.45) is 0.566. The fourth-order valence-electron chi connectivity index (χ4n) is 1.90. The zero-order valence-electron chi connectivity index (χ0n) is 13.9. The second kappa shape index (κ2) is 8.76. The van der Waals surface area contributed by atoms with Gasteiger partial charge in [-0.3, -0.25) is 4.79 Å². The second-order valence-corrected chi connectivity index (χ2v) is 7.10. The summed E-state index contributed by atoms with van der Waals surface area (Å²) in [6, 6.07) is 3.84. The van der Waals surface area contributed by atoms with Gasteiger partial charge in [0.2, 0.25) is 5.91 Å². The molecule has 1 aromatic rings. The van der Waals surface area contributed by atoms with Gasteiger partial charge in [-0.15, -0.1) is 0 Å². The average Bonchev–Trinajstić information content (AvgIpc) is 2.51. The maximum absolute atomic E-state index is 12.0. The average molecular weight is 358 g/mol. The highest BCUT2D eigenvalue weighted by Gasteiger charge is 2.17. The monoisotopic (exact) mass is 358 g/mol. The Hall–Kier alpha value is -1.97. The fraction of sp³-hybridized carbons (Fsp3) is 0.467. The van der Waals surface area contributed by atoms with Crippen molar-refractivity contribution in [2.75, 3.05) is 31.8 Å². The van der Waals surface area contributed by atoms with Crippen molar-refractivity contribution in [3.05, 3.63) is 23.8 Å². The highest BCUT2D eigenvalue weighted by atomic mass is 32.2. The minimum absolute atomic E-state index is 0.00480. The van der Waals surface area contributed by atoms with Crippen LogP contribution >= 0.6 is 0 Å². The molecule has 0 heterocycles. The summed E-state index contributed by atoms with van der Waals surface area (Å²) in [5, 5.41) is 2.54. The van der Waals surface area contributed by atoms with E-state index in [4.69, 9.17) is 15.2 Å². The van der Waals surface area contributed by atoms with E-state index in [1.807, 2.05) is 0 Å². The van der Waals surface area contributed by atoms with Gasteiger partial charge in [0.1, 0.15) is 0 Å². The van der Waals surface area contributed by atoms with Crippen LogP contribution in [-0.4, -0.2) is 52.9 Å². The molecular formula is C15H22N2O6S. The van der Waals surface area contributed by atoms with Crippen LogP contribution in [0.2, 0.25) is 0 Å².